The molecule has 0 amide bonds. The van der Waals surface area contributed by atoms with Crippen LogP contribution in [0.4, 0.5) is 0 Å². The van der Waals surface area contributed by atoms with E-state index in [2.05, 4.69) is 60.0 Å². The fraction of sp³-hybridized carbons (Fsp3) is 0.533. The third-order valence-corrected chi connectivity index (χ3v) is 3.29. The molecule has 19 heavy (non-hydrogen) atoms. The second kappa shape index (κ2) is 9.73. The highest BCUT2D eigenvalue weighted by atomic mass is 32.2. The standard InChI is InChI=1S/C15H25N3S/c1-4-16-15(18-10-11-19-3)17-9-8-14-7-5-6-13(2)12-14/h5-7,12H,4,8-11H2,1-3H3,(H2,16,17,18). The lowest BCUT2D eigenvalue weighted by Gasteiger charge is -2.11. The van der Waals surface area contributed by atoms with E-state index in [0.29, 0.717) is 0 Å². The highest BCUT2D eigenvalue weighted by molar-refractivity contribution is 7.98. The van der Waals surface area contributed by atoms with Crippen LogP contribution in [0.15, 0.2) is 29.3 Å². The molecule has 0 saturated heterocycles. The Kier molecular flexibility index (Phi) is 8.14. The van der Waals surface area contributed by atoms with E-state index in [-0.39, 0.29) is 0 Å². The molecule has 0 aliphatic heterocycles. The van der Waals surface area contributed by atoms with Crippen molar-refractivity contribution in [1.82, 2.24) is 10.6 Å². The molecule has 0 aliphatic carbocycles. The van der Waals surface area contributed by atoms with Gasteiger partial charge in [0.2, 0.25) is 0 Å². The van der Waals surface area contributed by atoms with Gasteiger partial charge in [0, 0.05) is 18.8 Å². The first kappa shape index (κ1) is 15.9. The van der Waals surface area contributed by atoms with Gasteiger partial charge < -0.3 is 10.6 Å². The van der Waals surface area contributed by atoms with E-state index < -0.39 is 0 Å². The molecule has 0 aliphatic rings. The summed E-state index contributed by atoms with van der Waals surface area (Å²) in [5, 5.41) is 6.65. The lowest BCUT2D eigenvalue weighted by molar-refractivity contribution is 0.803. The van der Waals surface area contributed by atoms with Gasteiger partial charge in [-0.3, -0.25) is 4.99 Å². The van der Waals surface area contributed by atoms with Gasteiger partial charge in [0.25, 0.3) is 0 Å². The molecular formula is C15H25N3S. The van der Waals surface area contributed by atoms with Crippen LogP contribution in [-0.4, -0.2) is 37.6 Å². The second-order valence-electron chi connectivity index (χ2n) is 4.42. The van der Waals surface area contributed by atoms with Gasteiger partial charge in [0.05, 0.1) is 6.54 Å². The fourth-order valence-corrected chi connectivity index (χ4v) is 2.06. The zero-order chi connectivity index (χ0) is 13.9. The lowest BCUT2D eigenvalue weighted by atomic mass is 10.1. The van der Waals surface area contributed by atoms with E-state index in [1.54, 1.807) is 0 Å². The number of aryl methyl sites for hydroxylation is 1. The number of hydrogen-bond donors (Lipinski definition) is 2. The molecular weight excluding hydrogens is 254 g/mol. The summed E-state index contributed by atoms with van der Waals surface area (Å²) >= 11 is 1.82. The van der Waals surface area contributed by atoms with Gasteiger partial charge in [0.1, 0.15) is 0 Å². The first-order valence-corrected chi connectivity index (χ1v) is 8.22. The Balaban J connectivity index is 2.37. The quantitative estimate of drug-likeness (QED) is 0.457. The SMILES string of the molecule is CCNC(=NCCSC)NCCc1cccc(C)c1. The first-order chi connectivity index (χ1) is 9.26. The molecule has 0 radical (unpaired) electrons. The average molecular weight is 279 g/mol. The number of nitrogens with one attached hydrogen (secondary N) is 2. The van der Waals surface area contributed by atoms with E-state index in [4.69, 9.17) is 0 Å². The molecule has 0 heterocycles. The van der Waals surface area contributed by atoms with Crippen LogP contribution >= 0.6 is 11.8 Å². The number of rotatable bonds is 7. The monoisotopic (exact) mass is 279 g/mol. The number of aliphatic imine (C=N–C) groups is 1. The van der Waals surface area contributed by atoms with Crippen molar-refractivity contribution in [3.63, 3.8) is 0 Å². The van der Waals surface area contributed by atoms with Crippen molar-refractivity contribution in [1.29, 1.82) is 0 Å². The maximum atomic E-state index is 4.53. The lowest BCUT2D eigenvalue weighted by Crippen LogP contribution is -2.38. The molecule has 0 atom stereocenters. The number of hydrogen-bond acceptors (Lipinski definition) is 2. The Bertz CT molecular complexity index is 391. The van der Waals surface area contributed by atoms with E-state index in [9.17, 15) is 0 Å². The predicted octanol–water partition coefficient (Wildman–Crippen LogP) is 2.46. The highest BCUT2D eigenvalue weighted by Gasteiger charge is 1.97. The Hall–Kier alpha value is -1.16. The third-order valence-electron chi connectivity index (χ3n) is 2.70. The van der Waals surface area contributed by atoms with E-state index in [0.717, 1.165) is 37.8 Å². The van der Waals surface area contributed by atoms with E-state index in [1.807, 2.05) is 11.8 Å². The summed E-state index contributed by atoms with van der Waals surface area (Å²) in [7, 11) is 0. The molecule has 0 unspecified atom stereocenters. The smallest absolute Gasteiger partial charge is 0.191 e. The normalized spacial score (nSPS) is 11.4. The molecule has 1 aromatic rings. The maximum Gasteiger partial charge on any atom is 0.191 e. The number of guanidine groups is 1. The molecule has 0 aromatic heterocycles. The minimum atomic E-state index is 0.862. The molecule has 0 spiro atoms. The average Bonchev–Trinajstić information content (AvgIpc) is 2.39. The molecule has 106 valence electrons. The third kappa shape index (κ3) is 7.11. The molecule has 0 bridgehead atoms. The van der Waals surface area contributed by atoms with Crippen molar-refractivity contribution in [2.24, 2.45) is 4.99 Å². The van der Waals surface area contributed by atoms with Gasteiger partial charge in [-0.05, 0) is 32.1 Å². The van der Waals surface area contributed by atoms with Gasteiger partial charge >= 0.3 is 0 Å². The topological polar surface area (TPSA) is 36.4 Å². The van der Waals surface area contributed by atoms with Crippen LogP contribution in [0.3, 0.4) is 0 Å². The van der Waals surface area contributed by atoms with E-state index in [1.165, 1.54) is 11.1 Å². The minimum absolute atomic E-state index is 0.862. The molecule has 0 saturated carbocycles. The Morgan fingerprint density at radius 3 is 2.84 bits per heavy atom. The zero-order valence-corrected chi connectivity index (χ0v) is 13.0. The van der Waals surface area contributed by atoms with Gasteiger partial charge in [-0.2, -0.15) is 11.8 Å². The summed E-state index contributed by atoms with van der Waals surface area (Å²) in [5.74, 6) is 1.98. The van der Waals surface area contributed by atoms with Crippen LogP contribution in [0.5, 0.6) is 0 Å². The summed E-state index contributed by atoms with van der Waals surface area (Å²) in [6.07, 6.45) is 3.13. The van der Waals surface area contributed by atoms with Crippen molar-refractivity contribution < 1.29 is 0 Å². The van der Waals surface area contributed by atoms with Crippen LogP contribution in [0.25, 0.3) is 0 Å². The Morgan fingerprint density at radius 1 is 1.32 bits per heavy atom. The van der Waals surface area contributed by atoms with Gasteiger partial charge in [-0.25, -0.2) is 0 Å². The Labute approximate surface area is 121 Å². The van der Waals surface area contributed by atoms with Crippen molar-refractivity contribution in [3.05, 3.63) is 35.4 Å². The van der Waals surface area contributed by atoms with Gasteiger partial charge in [-0.1, -0.05) is 29.8 Å². The predicted molar refractivity (Wildman–Crippen MR) is 87.2 cm³/mol. The van der Waals surface area contributed by atoms with Crippen molar-refractivity contribution in [2.45, 2.75) is 20.3 Å². The van der Waals surface area contributed by atoms with Crippen LogP contribution < -0.4 is 10.6 Å². The number of nitrogens with zero attached hydrogens (tertiary/aromatic N) is 1. The van der Waals surface area contributed by atoms with Crippen molar-refractivity contribution >= 4 is 17.7 Å². The van der Waals surface area contributed by atoms with Crippen LogP contribution in [0, 0.1) is 6.92 Å². The summed E-state index contributed by atoms with van der Waals surface area (Å²) in [5.41, 5.74) is 2.69. The maximum absolute atomic E-state index is 4.53. The van der Waals surface area contributed by atoms with Crippen LogP contribution in [0.2, 0.25) is 0 Å². The number of benzene rings is 1. The second-order valence-corrected chi connectivity index (χ2v) is 5.40. The molecule has 0 fully saturated rings. The van der Waals surface area contributed by atoms with Gasteiger partial charge in [-0.15, -0.1) is 0 Å². The summed E-state index contributed by atoms with van der Waals surface area (Å²) in [4.78, 5) is 4.53. The highest BCUT2D eigenvalue weighted by Crippen LogP contribution is 2.03. The minimum Gasteiger partial charge on any atom is -0.357 e. The Morgan fingerprint density at radius 2 is 2.16 bits per heavy atom. The molecule has 1 rings (SSSR count). The zero-order valence-electron chi connectivity index (χ0n) is 12.2. The summed E-state index contributed by atoms with van der Waals surface area (Å²) in [6, 6.07) is 8.65. The molecule has 2 N–H and O–H groups in total. The molecule has 3 nitrogen and oxygen atoms in total. The molecule has 1 aromatic carbocycles. The summed E-state index contributed by atoms with van der Waals surface area (Å²) < 4.78 is 0. The van der Waals surface area contributed by atoms with E-state index >= 15 is 0 Å². The fourth-order valence-electron chi connectivity index (χ4n) is 1.78. The van der Waals surface area contributed by atoms with Crippen molar-refractivity contribution in [2.75, 3.05) is 31.6 Å². The van der Waals surface area contributed by atoms with Crippen molar-refractivity contribution in [3.8, 4) is 0 Å². The van der Waals surface area contributed by atoms with Crippen LogP contribution in [0.1, 0.15) is 18.1 Å². The van der Waals surface area contributed by atoms with Gasteiger partial charge in [0.15, 0.2) is 5.96 Å². The molecule has 4 heteroatoms. The first-order valence-electron chi connectivity index (χ1n) is 6.83. The largest absolute Gasteiger partial charge is 0.357 e. The summed E-state index contributed by atoms with van der Waals surface area (Å²) in [6.45, 7) is 6.89. The van der Waals surface area contributed by atoms with Crippen LogP contribution in [-0.2, 0) is 6.42 Å². The number of thioether (sulfide) groups is 1.